The van der Waals surface area contributed by atoms with Crippen LogP contribution in [0.2, 0.25) is 0 Å². The fourth-order valence-corrected chi connectivity index (χ4v) is 4.25. The standard InChI is InChI=1S/C19H17N2O.C17H7F4N.Ir/c1-2-22-14-15-11-16(18-7-3-5-9-20-18)13-17(12-15)19-8-4-6-10-21-19;18-10-4-6-12(14(20)8-10)16-2-1-3-17(22-16)13-7-5-11(19)9-15(13)21;/h3-12H,2,14H2,1H3;1-5,8-9H;/q-1;-2;+3. The molecule has 0 N–H and O–H groups in total. The van der Waals surface area contributed by atoms with Crippen LogP contribution in [0.1, 0.15) is 12.5 Å². The van der Waals surface area contributed by atoms with Crippen LogP contribution in [0, 0.1) is 41.5 Å². The Kier molecular flexibility index (Phi) is 11.8. The van der Waals surface area contributed by atoms with Gasteiger partial charge in [0.05, 0.1) is 6.61 Å². The second-order valence-corrected chi connectivity index (χ2v) is 9.37. The van der Waals surface area contributed by atoms with Gasteiger partial charge in [-0.25, -0.2) is 0 Å². The summed E-state index contributed by atoms with van der Waals surface area (Å²) in [4.78, 5) is 12.9. The van der Waals surface area contributed by atoms with Gasteiger partial charge in [-0.2, -0.15) is 0 Å². The molecule has 226 valence electrons. The molecule has 9 heteroatoms. The maximum absolute atomic E-state index is 13.8. The van der Waals surface area contributed by atoms with Crippen LogP contribution in [0.5, 0.6) is 0 Å². The van der Waals surface area contributed by atoms with Crippen molar-refractivity contribution in [1.82, 2.24) is 15.0 Å². The monoisotopic (exact) mass is 783 g/mol. The largest absolute Gasteiger partial charge is 3.00 e. The van der Waals surface area contributed by atoms with Crippen molar-refractivity contribution in [1.29, 1.82) is 0 Å². The molecule has 4 nitrogen and oxygen atoms in total. The van der Waals surface area contributed by atoms with Crippen molar-refractivity contribution in [3.05, 3.63) is 150 Å². The Bertz CT molecular complexity index is 1730. The van der Waals surface area contributed by atoms with Gasteiger partial charge in [0.15, 0.2) is 0 Å². The van der Waals surface area contributed by atoms with Gasteiger partial charge in [-0.1, -0.05) is 82.4 Å². The van der Waals surface area contributed by atoms with E-state index >= 15 is 0 Å². The van der Waals surface area contributed by atoms with Crippen LogP contribution in [0.25, 0.3) is 45.0 Å². The van der Waals surface area contributed by atoms with E-state index in [-0.39, 0.29) is 42.6 Å². The van der Waals surface area contributed by atoms with E-state index in [4.69, 9.17) is 4.74 Å². The van der Waals surface area contributed by atoms with Crippen molar-refractivity contribution in [2.24, 2.45) is 0 Å². The van der Waals surface area contributed by atoms with Crippen LogP contribution in [0.15, 0.2) is 103 Å². The van der Waals surface area contributed by atoms with Gasteiger partial charge in [0.2, 0.25) is 0 Å². The van der Waals surface area contributed by atoms with E-state index in [2.05, 4.69) is 45.3 Å². The van der Waals surface area contributed by atoms with Gasteiger partial charge >= 0.3 is 20.1 Å². The summed E-state index contributed by atoms with van der Waals surface area (Å²) in [6, 6.07) is 32.1. The summed E-state index contributed by atoms with van der Waals surface area (Å²) in [6.45, 7) is 3.26. The number of nitrogens with zero attached hydrogens (tertiary/aromatic N) is 3. The first-order chi connectivity index (χ1) is 21.4. The average molecular weight is 783 g/mol. The molecule has 0 saturated heterocycles. The van der Waals surface area contributed by atoms with E-state index in [1.807, 2.05) is 43.3 Å². The molecule has 0 unspecified atom stereocenters. The van der Waals surface area contributed by atoms with Crippen LogP contribution in [-0.2, 0) is 31.4 Å². The predicted octanol–water partition coefficient (Wildman–Crippen LogP) is 8.72. The molecule has 45 heavy (non-hydrogen) atoms. The first-order valence-corrected chi connectivity index (χ1v) is 13.6. The smallest absolute Gasteiger partial charge is 0.378 e. The zero-order valence-electron chi connectivity index (χ0n) is 23.8. The molecule has 3 aromatic heterocycles. The van der Waals surface area contributed by atoms with Gasteiger partial charge in [0.25, 0.3) is 0 Å². The minimum atomic E-state index is -0.826. The van der Waals surface area contributed by atoms with E-state index in [0.717, 1.165) is 40.2 Å². The Hall–Kier alpha value is -4.56. The van der Waals surface area contributed by atoms with Gasteiger partial charge in [0.1, 0.15) is 0 Å². The van der Waals surface area contributed by atoms with E-state index < -0.39 is 23.3 Å². The number of ether oxygens (including phenoxy) is 1. The molecule has 3 aromatic carbocycles. The van der Waals surface area contributed by atoms with Crippen molar-refractivity contribution < 1.29 is 42.4 Å². The summed E-state index contributed by atoms with van der Waals surface area (Å²) in [5.41, 5.74) is 5.06. The van der Waals surface area contributed by atoms with Crippen LogP contribution >= 0.6 is 0 Å². The minimum absolute atomic E-state index is 0. The van der Waals surface area contributed by atoms with Crippen molar-refractivity contribution >= 4 is 0 Å². The Morgan fingerprint density at radius 1 is 0.644 bits per heavy atom. The number of benzene rings is 3. The topological polar surface area (TPSA) is 47.9 Å². The van der Waals surface area contributed by atoms with E-state index in [1.165, 1.54) is 18.2 Å². The average Bonchev–Trinajstić information content (AvgIpc) is 3.05. The number of hydrogen-bond donors (Lipinski definition) is 0. The Balaban J connectivity index is 0.000000200. The number of halogens is 4. The maximum atomic E-state index is 13.8. The van der Waals surface area contributed by atoms with E-state index in [9.17, 15) is 17.6 Å². The van der Waals surface area contributed by atoms with E-state index in [1.54, 1.807) is 12.4 Å². The number of pyridine rings is 3. The first kappa shape index (κ1) is 33.3. The second kappa shape index (κ2) is 16.0. The van der Waals surface area contributed by atoms with Gasteiger partial charge < -0.3 is 9.72 Å². The summed E-state index contributed by atoms with van der Waals surface area (Å²) in [6.07, 6.45) is 3.58. The summed E-state index contributed by atoms with van der Waals surface area (Å²) in [5.74, 6) is -3.16. The van der Waals surface area contributed by atoms with Crippen LogP contribution in [0.4, 0.5) is 17.6 Å². The molecule has 6 aromatic rings. The Labute approximate surface area is 272 Å². The molecule has 0 aliphatic rings. The predicted molar refractivity (Wildman–Crippen MR) is 160 cm³/mol. The third kappa shape index (κ3) is 8.76. The molecule has 3 heterocycles. The van der Waals surface area contributed by atoms with Crippen LogP contribution in [-0.4, -0.2) is 21.6 Å². The van der Waals surface area contributed by atoms with Crippen LogP contribution in [0.3, 0.4) is 0 Å². The molecule has 0 aliphatic carbocycles. The van der Waals surface area contributed by atoms with Gasteiger partial charge in [0, 0.05) is 53.7 Å². The summed E-state index contributed by atoms with van der Waals surface area (Å²) < 4.78 is 58.9. The molecule has 6 rings (SSSR count). The molecular formula is C36H24F4IrN3O. The third-order valence-electron chi connectivity index (χ3n) is 6.26. The van der Waals surface area contributed by atoms with Crippen molar-refractivity contribution in [3.8, 4) is 45.0 Å². The summed E-state index contributed by atoms with van der Waals surface area (Å²) in [5, 5.41) is 0. The Morgan fingerprint density at radius 3 is 1.56 bits per heavy atom. The Morgan fingerprint density at radius 2 is 1.13 bits per heavy atom. The van der Waals surface area contributed by atoms with Gasteiger partial charge in [-0.3, -0.25) is 27.5 Å². The summed E-state index contributed by atoms with van der Waals surface area (Å²) >= 11 is 0. The first-order valence-electron chi connectivity index (χ1n) is 13.6. The normalized spacial score (nSPS) is 10.4. The van der Waals surface area contributed by atoms with Crippen molar-refractivity contribution in [2.75, 3.05) is 6.61 Å². The molecule has 0 fully saturated rings. The molecular weight excluding hydrogens is 759 g/mol. The number of hydrogen-bond acceptors (Lipinski definition) is 4. The van der Waals surface area contributed by atoms with Crippen molar-refractivity contribution in [3.63, 3.8) is 0 Å². The SMILES string of the molecule is CCOCc1cc(-c2ccccn2)[c-]c(-c2ccccn2)c1.Fc1c[c-]c(-c2cccc(-c3[c-]cc(F)cc3F)n2)c(F)c1.[Ir+3]. The zero-order valence-corrected chi connectivity index (χ0v) is 26.2. The van der Waals surface area contributed by atoms with Gasteiger partial charge in [-0.15, -0.1) is 42.5 Å². The number of aromatic nitrogens is 3. The molecule has 0 saturated carbocycles. The number of rotatable bonds is 7. The fourth-order valence-electron chi connectivity index (χ4n) is 4.25. The summed E-state index contributed by atoms with van der Waals surface area (Å²) in [7, 11) is 0. The quantitative estimate of drug-likeness (QED) is 0.120. The molecule has 0 radical (unpaired) electrons. The van der Waals surface area contributed by atoms with Gasteiger partial charge in [-0.05, 0) is 30.4 Å². The molecule has 0 aliphatic heterocycles. The minimum Gasteiger partial charge on any atom is -0.378 e. The molecule has 0 bridgehead atoms. The third-order valence-corrected chi connectivity index (χ3v) is 6.26. The second-order valence-electron chi connectivity index (χ2n) is 9.37. The molecule has 0 amide bonds. The van der Waals surface area contributed by atoms with Crippen molar-refractivity contribution in [2.45, 2.75) is 13.5 Å². The van der Waals surface area contributed by atoms with E-state index in [0.29, 0.717) is 25.3 Å². The zero-order chi connectivity index (χ0) is 30.9. The van der Waals surface area contributed by atoms with Crippen LogP contribution < -0.4 is 0 Å². The maximum Gasteiger partial charge on any atom is 3.00 e. The molecule has 0 spiro atoms. The molecule has 0 atom stereocenters. The fraction of sp³-hybridized carbons (Fsp3) is 0.0833.